The smallest absolute Gasteiger partial charge is 0.279 e. The lowest BCUT2D eigenvalue weighted by molar-refractivity contribution is -0.139. The Kier molecular flexibility index (Phi) is 7.86. The van der Waals surface area contributed by atoms with E-state index in [4.69, 9.17) is 0 Å². The Labute approximate surface area is 254 Å². The molecule has 3 heterocycles. The van der Waals surface area contributed by atoms with Crippen LogP contribution >= 0.6 is 0 Å². The first-order chi connectivity index (χ1) is 21.4. The summed E-state index contributed by atoms with van der Waals surface area (Å²) >= 11 is 0. The number of para-hydroxylation sites is 1. The van der Waals surface area contributed by atoms with Crippen LogP contribution in [0.1, 0.15) is 36.1 Å². The molecule has 224 valence electrons. The third-order valence-electron chi connectivity index (χ3n) is 8.32. The highest BCUT2D eigenvalue weighted by molar-refractivity contribution is 6.07. The number of benzene rings is 3. The molecule has 3 aromatic carbocycles. The highest BCUT2D eigenvalue weighted by atomic mass is 16.3. The molecule has 0 aliphatic carbocycles. The van der Waals surface area contributed by atoms with Gasteiger partial charge < -0.3 is 15.1 Å². The zero-order valence-electron chi connectivity index (χ0n) is 24.4. The van der Waals surface area contributed by atoms with Crippen LogP contribution in [0.2, 0.25) is 0 Å². The Balaban J connectivity index is 1.23. The number of carbonyl (C=O) groups is 1. The minimum atomic E-state index is -1.84. The van der Waals surface area contributed by atoms with E-state index in [0.717, 1.165) is 5.56 Å². The van der Waals surface area contributed by atoms with Crippen molar-refractivity contribution in [2.24, 2.45) is 5.92 Å². The molecule has 1 amide bonds. The Hall–Kier alpha value is -5.06. The van der Waals surface area contributed by atoms with Crippen LogP contribution in [0.25, 0.3) is 16.6 Å². The maximum Gasteiger partial charge on any atom is 0.279 e. The van der Waals surface area contributed by atoms with E-state index >= 15 is 0 Å². The topological polar surface area (TPSA) is 129 Å². The molecule has 10 heteroatoms. The third kappa shape index (κ3) is 4.97. The normalized spacial score (nSPS) is 17.8. The molecule has 1 aliphatic rings. The highest BCUT2D eigenvalue weighted by Gasteiger charge is 2.52. The molecule has 2 aromatic heterocycles. The number of hydrogen-bond acceptors (Lipinski definition) is 6. The lowest BCUT2D eigenvalue weighted by Crippen LogP contribution is -2.44. The number of allylic oxidation sites excluding steroid dienone is 1. The molecule has 5 aromatic rings. The van der Waals surface area contributed by atoms with Gasteiger partial charge in [-0.15, -0.1) is 11.7 Å². The number of hydrogen-bond donors (Lipinski definition) is 3. The van der Waals surface area contributed by atoms with Crippen molar-refractivity contribution in [1.82, 2.24) is 24.8 Å². The molecular weight excluding hydrogens is 556 g/mol. The lowest BCUT2D eigenvalue weighted by Gasteiger charge is -2.27. The van der Waals surface area contributed by atoms with Crippen molar-refractivity contribution in [3.63, 3.8) is 0 Å². The zero-order valence-corrected chi connectivity index (χ0v) is 24.4. The van der Waals surface area contributed by atoms with Crippen molar-refractivity contribution in [3.05, 3.63) is 131 Å². The maximum absolute atomic E-state index is 13.7. The fourth-order valence-corrected chi connectivity index (χ4v) is 5.91. The molecule has 6 rings (SSSR count). The number of nitrogens with zero attached hydrogens (tertiary/aromatic N) is 5. The number of H-pyrrole nitrogens is 1. The number of carbonyl (C=O) groups excluding carboxylic acids is 1. The van der Waals surface area contributed by atoms with Gasteiger partial charge in [0, 0.05) is 30.8 Å². The highest BCUT2D eigenvalue weighted by Crippen LogP contribution is 2.46. The van der Waals surface area contributed by atoms with E-state index in [1.54, 1.807) is 41.9 Å². The first-order valence-corrected chi connectivity index (χ1v) is 14.6. The van der Waals surface area contributed by atoms with Crippen molar-refractivity contribution in [2.45, 2.75) is 31.4 Å². The van der Waals surface area contributed by atoms with Crippen molar-refractivity contribution in [2.75, 3.05) is 18.1 Å². The van der Waals surface area contributed by atoms with Crippen molar-refractivity contribution in [3.8, 4) is 5.69 Å². The average molecular weight is 591 g/mol. The molecule has 10 nitrogen and oxygen atoms in total. The number of aromatic nitrogens is 5. The van der Waals surface area contributed by atoms with Gasteiger partial charge >= 0.3 is 0 Å². The molecule has 0 spiro atoms. The number of fused-ring (bicyclic) bond motifs is 2. The van der Waals surface area contributed by atoms with Gasteiger partial charge in [0.25, 0.3) is 11.5 Å². The second-order valence-corrected chi connectivity index (χ2v) is 11.0. The van der Waals surface area contributed by atoms with Crippen molar-refractivity contribution in [1.29, 1.82) is 0 Å². The molecular formula is C34H34N6O4. The summed E-state index contributed by atoms with van der Waals surface area (Å²) in [5.74, 6) is -1.28. The molecule has 1 aliphatic heterocycles. The molecule has 3 N–H and O–H groups in total. The number of rotatable bonds is 11. The molecule has 44 heavy (non-hydrogen) atoms. The van der Waals surface area contributed by atoms with E-state index in [0.29, 0.717) is 46.5 Å². The van der Waals surface area contributed by atoms with E-state index in [9.17, 15) is 19.8 Å². The van der Waals surface area contributed by atoms with Gasteiger partial charge in [-0.2, -0.15) is 0 Å². The van der Waals surface area contributed by atoms with Crippen LogP contribution in [0.5, 0.6) is 0 Å². The number of aliphatic hydroxyl groups is 2. The average Bonchev–Trinajstić information content (AvgIpc) is 3.71. The predicted molar refractivity (Wildman–Crippen MR) is 169 cm³/mol. The third-order valence-corrected chi connectivity index (χ3v) is 8.32. The molecule has 0 saturated carbocycles. The minimum absolute atomic E-state index is 0.0757. The standard InChI is InChI=1S/C34H34N6O4/c1-3-18-39-31-17-16-25(40-32(42)26-14-7-8-15-29(26)36-40)20-28(31)34(44,33(39)43)23(2)11-9-10-19-38-21-30(35-37-38)27(22-41)24-12-5-4-6-13-24/h3-9,11-17,20-21,23,27,36,41,44H,1,10,18-19,22H2,2H3/b11-9+/t23-,27?,34+/m0/s1. The quantitative estimate of drug-likeness (QED) is 0.199. The van der Waals surface area contributed by atoms with E-state index in [-0.39, 0.29) is 24.6 Å². The summed E-state index contributed by atoms with van der Waals surface area (Å²) in [6, 6.07) is 22.2. The molecule has 0 fully saturated rings. The number of aromatic amines is 1. The maximum atomic E-state index is 13.7. The number of nitrogens with one attached hydrogen (secondary N) is 1. The van der Waals surface area contributed by atoms with Crippen LogP contribution < -0.4 is 10.5 Å². The summed E-state index contributed by atoms with van der Waals surface area (Å²) < 4.78 is 3.15. The van der Waals surface area contributed by atoms with Crippen LogP contribution in [0.15, 0.2) is 109 Å². The largest absolute Gasteiger partial charge is 0.395 e. The van der Waals surface area contributed by atoms with Gasteiger partial charge in [-0.1, -0.05) is 72.8 Å². The Morgan fingerprint density at radius 2 is 1.84 bits per heavy atom. The van der Waals surface area contributed by atoms with Gasteiger partial charge in [0.2, 0.25) is 0 Å². The zero-order chi connectivity index (χ0) is 30.8. The van der Waals surface area contributed by atoms with Crippen LogP contribution in [0.4, 0.5) is 5.69 Å². The molecule has 0 saturated heterocycles. The summed E-state index contributed by atoms with van der Waals surface area (Å²) in [6.45, 7) is 6.28. The van der Waals surface area contributed by atoms with Crippen LogP contribution in [0.3, 0.4) is 0 Å². The van der Waals surface area contributed by atoms with E-state index in [1.807, 2.05) is 66.9 Å². The molecule has 0 radical (unpaired) electrons. The summed E-state index contributed by atoms with van der Waals surface area (Å²) in [5.41, 5.74) is 1.82. The first kappa shape index (κ1) is 29.0. The predicted octanol–water partition coefficient (Wildman–Crippen LogP) is 4.04. The fourth-order valence-electron chi connectivity index (χ4n) is 5.91. The van der Waals surface area contributed by atoms with E-state index in [1.165, 1.54) is 9.58 Å². The van der Waals surface area contributed by atoms with Crippen molar-refractivity contribution >= 4 is 22.5 Å². The molecule has 3 atom stereocenters. The summed E-state index contributed by atoms with van der Waals surface area (Å²) in [4.78, 5) is 28.4. The van der Waals surface area contributed by atoms with Gasteiger partial charge in [-0.3, -0.25) is 19.4 Å². The summed E-state index contributed by atoms with van der Waals surface area (Å²) in [5, 5.41) is 34.2. The Morgan fingerprint density at radius 3 is 2.59 bits per heavy atom. The molecule has 0 bridgehead atoms. The first-order valence-electron chi connectivity index (χ1n) is 14.6. The number of amides is 1. The number of aryl methyl sites for hydroxylation is 1. The van der Waals surface area contributed by atoms with E-state index < -0.39 is 17.4 Å². The summed E-state index contributed by atoms with van der Waals surface area (Å²) in [6.07, 6.45) is 7.78. The van der Waals surface area contributed by atoms with Gasteiger partial charge in [0.1, 0.15) is 0 Å². The Bertz CT molecular complexity index is 1910. The minimum Gasteiger partial charge on any atom is -0.395 e. The lowest BCUT2D eigenvalue weighted by atomic mass is 9.82. The monoisotopic (exact) mass is 590 g/mol. The number of aliphatic hydroxyl groups excluding tert-OH is 1. The van der Waals surface area contributed by atoms with Crippen LogP contribution in [0, 0.1) is 5.92 Å². The second-order valence-electron chi connectivity index (χ2n) is 11.0. The molecule has 1 unspecified atom stereocenters. The van der Waals surface area contributed by atoms with Gasteiger partial charge in [0.15, 0.2) is 5.60 Å². The van der Waals surface area contributed by atoms with Crippen LogP contribution in [-0.4, -0.2) is 54.0 Å². The Morgan fingerprint density at radius 1 is 1.07 bits per heavy atom. The fraction of sp³-hybridized carbons (Fsp3) is 0.235. The SMILES string of the molecule is C=CCN1C(=O)[C@@](O)([C@@H](C)/C=C/CCn2cc(C(CO)c3ccccc3)nn2)c2cc(-n3[nH]c4ccccc4c3=O)ccc21. The summed E-state index contributed by atoms with van der Waals surface area (Å²) in [7, 11) is 0. The van der Waals surface area contributed by atoms with Gasteiger partial charge in [-0.25, -0.2) is 4.68 Å². The van der Waals surface area contributed by atoms with Gasteiger partial charge in [-0.05, 0) is 42.3 Å². The van der Waals surface area contributed by atoms with Crippen LogP contribution in [-0.2, 0) is 16.9 Å². The van der Waals surface area contributed by atoms with Crippen molar-refractivity contribution < 1.29 is 15.0 Å². The van der Waals surface area contributed by atoms with E-state index in [2.05, 4.69) is 22.0 Å². The second kappa shape index (κ2) is 11.9. The number of anilines is 1. The van der Waals surface area contributed by atoms with Gasteiger partial charge in [0.05, 0.1) is 40.5 Å².